The molecule has 0 aliphatic carbocycles. The molecule has 2 fully saturated rings. The summed E-state index contributed by atoms with van der Waals surface area (Å²) in [5.74, 6) is 0.764. The molecule has 2 aromatic heterocycles. The monoisotopic (exact) mass is 477 g/mol. The van der Waals surface area contributed by atoms with E-state index in [0.717, 1.165) is 58.6 Å². The maximum Gasteiger partial charge on any atom is 0.159 e. The second kappa shape index (κ2) is 8.87. The average molecular weight is 478 g/mol. The third-order valence-corrected chi connectivity index (χ3v) is 8.03. The molecule has 178 valence electrons. The minimum Gasteiger partial charge on any atom is -0.371 e. The first kappa shape index (κ1) is 21.9. The van der Waals surface area contributed by atoms with Crippen LogP contribution in [0.4, 0.5) is 5.69 Å². The molecule has 6 rings (SSSR count). The van der Waals surface area contributed by atoms with Gasteiger partial charge in [0.2, 0.25) is 0 Å². The lowest BCUT2D eigenvalue weighted by atomic mass is 9.97. The number of aromatic nitrogens is 4. The van der Waals surface area contributed by atoms with E-state index < -0.39 is 0 Å². The molecule has 2 aliphatic rings. The first-order valence-electron chi connectivity index (χ1n) is 12.3. The van der Waals surface area contributed by atoms with Gasteiger partial charge in [-0.15, -0.1) is 0 Å². The molecule has 0 amide bonds. The van der Waals surface area contributed by atoms with Crippen LogP contribution in [0.25, 0.3) is 33.5 Å². The largest absolute Gasteiger partial charge is 0.371 e. The Morgan fingerprint density at radius 2 is 1.74 bits per heavy atom. The van der Waals surface area contributed by atoms with E-state index in [4.69, 9.17) is 16.6 Å². The Kier molecular flexibility index (Phi) is 5.71. The van der Waals surface area contributed by atoms with Crippen molar-refractivity contribution in [2.24, 2.45) is 0 Å². The fourth-order valence-corrected chi connectivity index (χ4v) is 5.90. The quantitative estimate of drug-likeness (QED) is 0.444. The molecule has 2 aromatic carbocycles. The van der Waals surface area contributed by atoms with Crippen molar-refractivity contribution in [1.29, 1.82) is 0 Å². The average Bonchev–Trinajstić information content (AvgIpc) is 3.47. The van der Waals surface area contributed by atoms with E-state index in [0.29, 0.717) is 5.02 Å². The van der Waals surface area contributed by atoms with Crippen LogP contribution in [-0.4, -0.2) is 82.3 Å². The molecule has 0 radical (unpaired) electrons. The van der Waals surface area contributed by atoms with E-state index in [-0.39, 0.29) is 0 Å². The molecule has 0 bridgehead atoms. The van der Waals surface area contributed by atoms with Gasteiger partial charge in [-0.05, 0) is 89.3 Å². The van der Waals surface area contributed by atoms with Gasteiger partial charge in [0.15, 0.2) is 5.82 Å². The number of hydrogen-bond donors (Lipinski definition) is 2. The lowest BCUT2D eigenvalue weighted by Crippen LogP contribution is -2.50. The standard InChI is InChI=1S/C26H32ClN7/c1-32(2)18-7-11-33(12-8-18)19-9-13-34(14-10-19)20-4-6-23-24(16-20)29-26(28-23)25-21-15-17(27)3-5-22(21)30-31-25/h3-6,15-16,18-19H,7-14H2,1-2H3,(H,28,29)(H,30,31). The van der Waals surface area contributed by atoms with Crippen LogP contribution in [0.15, 0.2) is 36.4 Å². The van der Waals surface area contributed by atoms with E-state index in [9.17, 15) is 0 Å². The number of imidazole rings is 1. The molecule has 7 nitrogen and oxygen atoms in total. The van der Waals surface area contributed by atoms with Crippen LogP contribution in [0.5, 0.6) is 0 Å². The van der Waals surface area contributed by atoms with Crippen LogP contribution in [0.1, 0.15) is 25.7 Å². The Bertz CT molecular complexity index is 1290. The van der Waals surface area contributed by atoms with Crippen molar-refractivity contribution in [2.45, 2.75) is 37.8 Å². The summed E-state index contributed by atoms with van der Waals surface area (Å²) in [5.41, 5.74) is 5.01. The number of aromatic amines is 2. The Morgan fingerprint density at radius 3 is 2.50 bits per heavy atom. The number of H-pyrrole nitrogens is 2. The Labute approximate surface area is 205 Å². The van der Waals surface area contributed by atoms with Crippen molar-refractivity contribution in [3.8, 4) is 11.5 Å². The summed E-state index contributed by atoms with van der Waals surface area (Å²) >= 11 is 6.22. The maximum absolute atomic E-state index is 6.22. The third-order valence-electron chi connectivity index (χ3n) is 7.79. The summed E-state index contributed by atoms with van der Waals surface area (Å²) in [7, 11) is 4.43. The normalized spacial score (nSPS) is 19.1. The van der Waals surface area contributed by atoms with Crippen molar-refractivity contribution < 1.29 is 0 Å². The van der Waals surface area contributed by atoms with Gasteiger partial charge in [-0.2, -0.15) is 5.10 Å². The third kappa shape index (κ3) is 4.06. The number of halogens is 1. The van der Waals surface area contributed by atoms with Crippen LogP contribution in [0, 0.1) is 0 Å². The SMILES string of the molecule is CN(C)C1CCN(C2CCN(c3ccc4nc(-c5n[nH]c6ccc(Cl)cc56)[nH]c4c3)CC2)CC1. The van der Waals surface area contributed by atoms with Crippen LogP contribution >= 0.6 is 11.6 Å². The van der Waals surface area contributed by atoms with Gasteiger partial charge in [0.05, 0.1) is 16.6 Å². The lowest BCUT2D eigenvalue weighted by molar-refractivity contribution is 0.0961. The molecular weight excluding hydrogens is 446 g/mol. The van der Waals surface area contributed by atoms with Crippen molar-refractivity contribution in [3.05, 3.63) is 41.4 Å². The van der Waals surface area contributed by atoms with E-state index in [1.807, 2.05) is 18.2 Å². The number of anilines is 1. The zero-order chi connectivity index (χ0) is 23.2. The number of fused-ring (bicyclic) bond motifs is 2. The molecule has 8 heteroatoms. The van der Waals surface area contributed by atoms with Gasteiger partial charge in [0, 0.05) is 41.3 Å². The number of nitrogens with one attached hydrogen (secondary N) is 2. The van der Waals surface area contributed by atoms with Crippen molar-refractivity contribution in [3.63, 3.8) is 0 Å². The lowest BCUT2D eigenvalue weighted by Gasteiger charge is -2.43. The summed E-state index contributed by atoms with van der Waals surface area (Å²) in [6.45, 7) is 4.69. The molecule has 34 heavy (non-hydrogen) atoms. The second-order valence-electron chi connectivity index (χ2n) is 10.00. The summed E-state index contributed by atoms with van der Waals surface area (Å²) in [6.07, 6.45) is 5.06. The van der Waals surface area contributed by atoms with E-state index in [1.165, 1.54) is 44.5 Å². The smallest absolute Gasteiger partial charge is 0.159 e. The molecule has 0 atom stereocenters. The Morgan fingerprint density at radius 1 is 0.941 bits per heavy atom. The molecule has 0 spiro atoms. The highest BCUT2D eigenvalue weighted by Crippen LogP contribution is 2.31. The molecule has 2 aliphatic heterocycles. The zero-order valence-electron chi connectivity index (χ0n) is 19.9. The molecule has 2 saturated heterocycles. The minimum absolute atomic E-state index is 0.694. The highest BCUT2D eigenvalue weighted by Gasteiger charge is 2.29. The van der Waals surface area contributed by atoms with Gasteiger partial charge in [-0.25, -0.2) is 4.98 Å². The first-order valence-corrected chi connectivity index (χ1v) is 12.7. The van der Waals surface area contributed by atoms with Crippen LogP contribution < -0.4 is 4.90 Å². The number of rotatable bonds is 4. The fraction of sp³-hybridized carbons (Fsp3) is 0.462. The summed E-state index contributed by atoms with van der Waals surface area (Å²) in [5, 5.41) is 9.23. The van der Waals surface area contributed by atoms with Gasteiger partial charge < -0.3 is 19.7 Å². The molecule has 4 heterocycles. The van der Waals surface area contributed by atoms with E-state index in [2.05, 4.69) is 62.2 Å². The minimum atomic E-state index is 0.694. The van der Waals surface area contributed by atoms with Crippen molar-refractivity contribution in [1.82, 2.24) is 30.0 Å². The number of hydrogen-bond acceptors (Lipinski definition) is 5. The van der Waals surface area contributed by atoms with Gasteiger partial charge in [-0.3, -0.25) is 5.10 Å². The Balaban J connectivity index is 1.15. The second-order valence-corrected chi connectivity index (χ2v) is 10.4. The molecule has 4 aromatic rings. The number of benzene rings is 2. The topological polar surface area (TPSA) is 67.1 Å². The van der Waals surface area contributed by atoms with Crippen LogP contribution in [0.3, 0.4) is 0 Å². The zero-order valence-corrected chi connectivity index (χ0v) is 20.6. The van der Waals surface area contributed by atoms with Gasteiger partial charge in [0.1, 0.15) is 5.69 Å². The number of nitrogens with zero attached hydrogens (tertiary/aromatic N) is 5. The highest BCUT2D eigenvalue weighted by molar-refractivity contribution is 6.31. The van der Waals surface area contributed by atoms with Crippen molar-refractivity contribution >= 4 is 39.2 Å². The molecule has 2 N–H and O–H groups in total. The summed E-state index contributed by atoms with van der Waals surface area (Å²) in [6, 6.07) is 13.8. The molecule has 0 unspecified atom stereocenters. The Hall–Kier alpha value is -2.61. The summed E-state index contributed by atoms with van der Waals surface area (Å²) in [4.78, 5) is 15.9. The maximum atomic E-state index is 6.22. The van der Waals surface area contributed by atoms with Gasteiger partial charge in [0.25, 0.3) is 0 Å². The van der Waals surface area contributed by atoms with Crippen LogP contribution in [-0.2, 0) is 0 Å². The number of likely N-dealkylation sites (tertiary alicyclic amines) is 1. The fourth-order valence-electron chi connectivity index (χ4n) is 5.73. The van der Waals surface area contributed by atoms with Crippen LogP contribution in [0.2, 0.25) is 5.02 Å². The van der Waals surface area contributed by atoms with Gasteiger partial charge in [-0.1, -0.05) is 11.6 Å². The number of piperidine rings is 2. The van der Waals surface area contributed by atoms with Crippen molar-refractivity contribution in [2.75, 3.05) is 45.2 Å². The molecular formula is C26H32ClN7. The molecule has 0 saturated carbocycles. The first-order chi connectivity index (χ1) is 16.5. The van der Waals surface area contributed by atoms with E-state index >= 15 is 0 Å². The van der Waals surface area contributed by atoms with Gasteiger partial charge >= 0.3 is 0 Å². The predicted molar refractivity (Wildman–Crippen MR) is 140 cm³/mol. The summed E-state index contributed by atoms with van der Waals surface area (Å²) < 4.78 is 0. The predicted octanol–water partition coefficient (Wildman–Crippen LogP) is 4.75. The highest BCUT2D eigenvalue weighted by atomic mass is 35.5. The van der Waals surface area contributed by atoms with E-state index in [1.54, 1.807) is 0 Å².